The van der Waals surface area contributed by atoms with Crippen molar-refractivity contribution >= 4 is 14.3 Å². The van der Waals surface area contributed by atoms with E-state index in [0.717, 1.165) is 30.4 Å². The third kappa shape index (κ3) is 8.19. The fourth-order valence-corrected chi connectivity index (χ4v) is 4.06. The maximum Gasteiger partial charge on any atom is 0.333 e. The Morgan fingerprint density at radius 3 is 2.50 bits per heavy atom. The van der Waals surface area contributed by atoms with Crippen molar-refractivity contribution in [1.82, 2.24) is 0 Å². The molecule has 0 aliphatic rings. The van der Waals surface area contributed by atoms with Crippen molar-refractivity contribution < 1.29 is 18.4 Å². The number of carbonyl (C=O) groups excluding carboxylic acids is 1. The summed E-state index contributed by atoms with van der Waals surface area (Å²) >= 11 is 0. The molecule has 0 saturated carbocycles. The van der Waals surface area contributed by atoms with Gasteiger partial charge in [-0.2, -0.15) is 0 Å². The smallest absolute Gasteiger partial charge is 0.333 e. The Morgan fingerprint density at radius 2 is 2.00 bits per heavy atom. The molecule has 0 aromatic carbocycles. The third-order valence-corrected chi connectivity index (χ3v) is 9.77. The highest BCUT2D eigenvalue weighted by atomic mass is 28.4. The lowest BCUT2D eigenvalue weighted by molar-refractivity contribution is -0.138. The van der Waals surface area contributed by atoms with Crippen LogP contribution in [0.15, 0.2) is 46.8 Å². The zero-order chi connectivity index (χ0) is 21.4. The van der Waals surface area contributed by atoms with E-state index in [4.69, 9.17) is 13.6 Å². The van der Waals surface area contributed by atoms with Crippen molar-refractivity contribution in [2.24, 2.45) is 0 Å². The molecule has 4 nitrogen and oxygen atoms in total. The first-order valence-electron chi connectivity index (χ1n) is 10.2. The molecule has 1 atom stereocenters. The minimum absolute atomic E-state index is 0.0667. The predicted octanol–water partition coefficient (Wildman–Crippen LogP) is 6.45. The highest BCUT2D eigenvalue weighted by Gasteiger charge is 2.39. The number of furan rings is 1. The van der Waals surface area contributed by atoms with E-state index in [2.05, 4.69) is 40.4 Å². The van der Waals surface area contributed by atoms with E-state index in [1.807, 2.05) is 26.0 Å². The van der Waals surface area contributed by atoms with Gasteiger partial charge in [-0.1, -0.05) is 32.4 Å². The Balaban J connectivity index is 2.97. The second-order valence-corrected chi connectivity index (χ2v) is 13.7. The Labute approximate surface area is 172 Å². The van der Waals surface area contributed by atoms with Crippen molar-refractivity contribution in [1.29, 1.82) is 0 Å². The van der Waals surface area contributed by atoms with Crippen LogP contribution in [0.5, 0.6) is 0 Å². The Morgan fingerprint density at radius 1 is 1.32 bits per heavy atom. The summed E-state index contributed by atoms with van der Waals surface area (Å²) in [6.45, 7) is 19.4. The Bertz CT molecular complexity index is 651. The third-order valence-electron chi connectivity index (χ3n) is 5.23. The maximum atomic E-state index is 12.5. The number of aryl methyl sites for hydroxylation is 1. The lowest BCUT2D eigenvalue weighted by Gasteiger charge is -2.39. The van der Waals surface area contributed by atoms with Crippen LogP contribution in [0.2, 0.25) is 18.1 Å². The highest BCUT2D eigenvalue weighted by Crippen LogP contribution is 2.38. The van der Waals surface area contributed by atoms with Crippen molar-refractivity contribution in [3.63, 3.8) is 0 Å². The van der Waals surface area contributed by atoms with Crippen molar-refractivity contribution in [2.45, 2.75) is 84.5 Å². The van der Waals surface area contributed by atoms with Crippen LogP contribution in [0.4, 0.5) is 0 Å². The summed E-state index contributed by atoms with van der Waals surface area (Å²) in [5.74, 6) is -0.250. The van der Waals surface area contributed by atoms with Gasteiger partial charge >= 0.3 is 5.97 Å². The Kier molecular flexibility index (Phi) is 9.44. The van der Waals surface area contributed by atoms with Gasteiger partial charge in [0, 0.05) is 12.0 Å². The molecule has 0 amide bonds. The van der Waals surface area contributed by atoms with Gasteiger partial charge in [-0.05, 0) is 62.9 Å². The lowest BCUT2D eigenvalue weighted by atomic mass is 10.0. The second-order valence-electron chi connectivity index (χ2n) is 8.99. The SMILES string of the molecule is C=C(C)C[C@@H](C/C(=C/CCc1ccoc1)C(=O)OCC)O[Si](C)(C)C(C)(C)C. The van der Waals surface area contributed by atoms with Gasteiger partial charge in [0.1, 0.15) is 0 Å². The van der Waals surface area contributed by atoms with Crippen LogP contribution >= 0.6 is 0 Å². The molecule has 0 aliphatic heterocycles. The fraction of sp³-hybridized carbons (Fsp3) is 0.609. The van der Waals surface area contributed by atoms with E-state index in [1.165, 1.54) is 0 Å². The zero-order valence-corrected chi connectivity index (χ0v) is 19.8. The van der Waals surface area contributed by atoms with Crippen LogP contribution in [-0.4, -0.2) is 27.0 Å². The Hall–Kier alpha value is -1.59. The van der Waals surface area contributed by atoms with E-state index in [1.54, 1.807) is 12.5 Å². The number of allylic oxidation sites excluding steroid dienone is 1. The van der Waals surface area contributed by atoms with Crippen LogP contribution in [0, 0.1) is 0 Å². The van der Waals surface area contributed by atoms with Gasteiger partial charge in [-0.15, -0.1) is 6.58 Å². The molecular weight excluding hydrogens is 368 g/mol. The van der Waals surface area contributed by atoms with Gasteiger partial charge < -0.3 is 13.6 Å². The molecule has 1 aromatic heterocycles. The summed E-state index contributed by atoms with van der Waals surface area (Å²) in [4.78, 5) is 12.5. The lowest BCUT2D eigenvalue weighted by Crippen LogP contribution is -2.44. The quantitative estimate of drug-likeness (QED) is 0.183. The number of carbonyl (C=O) groups is 1. The predicted molar refractivity (Wildman–Crippen MR) is 118 cm³/mol. The van der Waals surface area contributed by atoms with E-state index in [-0.39, 0.29) is 17.1 Å². The molecule has 0 spiro atoms. The summed E-state index contributed by atoms with van der Waals surface area (Å²) in [6.07, 6.45) is 8.20. The topological polar surface area (TPSA) is 48.7 Å². The van der Waals surface area contributed by atoms with E-state index >= 15 is 0 Å². The first-order chi connectivity index (χ1) is 13.0. The summed E-state index contributed by atoms with van der Waals surface area (Å²) in [5.41, 5.74) is 2.87. The molecule has 0 N–H and O–H groups in total. The summed E-state index contributed by atoms with van der Waals surface area (Å²) < 4.78 is 17.1. The highest BCUT2D eigenvalue weighted by molar-refractivity contribution is 6.74. The molecule has 0 aliphatic carbocycles. The van der Waals surface area contributed by atoms with E-state index in [0.29, 0.717) is 18.6 Å². The average Bonchev–Trinajstić information content (AvgIpc) is 3.05. The van der Waals surface area contributed by atoms with Gasteiger partial charge in [0.25, 0.3) is 0 Å². The molecule has 0 saturated heterocycles. The van der Waals surface area contributed by atoms with Crippen molar-refractivity contribution in [3.8, 4) is 0 Å². The second kappa shape index (κ2) is 10.8. The summed E-state index contributed by atoms with van der Waals surface area (Å²) in [7, 11) is -1.96. The minimum atomic E-state index is -1.96. The molecule has 0 unspecified atom stereocenters. The van der Waals surface area contributed by atoms with Gasteiger partial charge in [-0.3, -0.25) is 0 Å². The molecule has 0 bridgehead atoms. The molecule has 1 heterocycles. The first-order valence-corrected chi connectivity index (χ1v) is 13.1. The molecule has 28 heavy (non-hydrogen) atoms. The zero-order valence-electron chi connectivity index (χ0n) is 18.8. The largest absolute Gasteiger partial charge is 0.472 e. The number of esters is 1. The molecule has 0 fully saturated rings. The van der Waals surface area contributed by atoms with Gasteiger partial charge in [-0.25, -0.2) is 4.79 Å². The van der Waals surface area contributed by atoms with Crippen LogP contribution in [-0.2, 0) is 20.4 Å². The monoisotopic (exact) mass is 406 g/mol. The number of hydrogen-bond donors (Lipinski definition) is 0. The van der Waals surface area contributed by atoms with Crippen LogP contribution in [0.3, 0.4) is 0 Å². The van der Waals surface area contributed by atoms with Crippen LogP contribution in [0.1, 0.15) is 59.4 Å². The van der Waals surface area contributed by atoms with E-state index < -0.39 is 8.32 Å². The van der Waals surface area contributed by atoms with Crippen molar-refractivity contribution in [2.75, 3.05) is 6.61 Å². The normalized spacial score (nSPS) is 14.0. The fourth-order valence-electron chi connectivity index (χ4n) is 2.70. The first kappa shape index (κ1) is 24.4. The van der Waals surface area contributed by atoms with Crippen molar-refractivity contribution in [3.05, 3.63) is 48.0 Å². The molecule has 1 aromatic rings. The molecule has 5 heteroatoms. The van der Waals surface area contributed by atoms with Crippen LogP contribution < -0.4 is 0 Å². The van der Waals surface area contributed by atoms with Gasteiger partial charge in [0.15, 0.2) is 8.32 Å². The summed E-state index contributed by atoms with van der Waals surface area (Å²) in [6, 6.07) is 1.95. The molecule has 1 rings (SSSR count). The van der Waals surface area contributed by atoms with Crippen LogP contribution in [0.25, 0.3) is 0 Å². The minimum Gasteiger partial charge on any atom is -0.472 e. The standard InChI is InChI=1S/C23H38O4Si/c1-9-26-22(24)20(12-10-11-19-13-14-25-17-19)16-21(15-18(2)3)27-28(7,8)23(4,5)6/h12-14,17,21H,2,9-11,15-16H2,1,3-8H3/b20-12-/t21-/m0/s1. The molecule has 158 valence electrons. The molecular formula is C23H38O4Si. The number of rotatable bonds is 11. The number of ether oxygens (including phenoxy) is 1. The number of hydrogen-bond acceptors (Lipinski definition) is 4. The summed E-state index contributed by atoms with van der Waals surface area (Å²) in [5, 5.41) is 0.107. The van der Waals surface area contributed by atoms with Gasteiger partial charge in [0.05, 0.1) is 25.2 Å². The average molecular weight is 407 g/mol. The van der Waals surface area contributed by atoms with E-state index in [9.17, 15) is 4.79 Å². The van der Waals surface area contributed by atoms with Gasteiger partial charge in [0.2, 0.25) is 0 Å². The maximum absolute atomic E-state index is 12.5. The molecule has 0 radical (unpaired) electrons.